The van der Waals surface area contributed by atoms with Crippen molar-refractivity contribution >= 4 is 5.91 Å². The SMILES string of the molecule is O=C(N[C@@H]1CCNC1)c1ccc2c(c1)CCO2. The summed E-state index contributed by atoms with van der Waals surface area (Å²) >= 11 is 0. The van der Waals surface area contributed by atoms with E-state index in [9.17, 15) is 4.79 Å². The van der Waals surface area contributed by atoms with Gasteiger partial charge in [0.05, 0.1) is 6.61 Å². The smallest absolute Gasteiger partial charge is 0.251 e. The second-order valence-electron chi connectivity index (χ2n) is 4.58. The number of carbonyl (C=O) groups excluding carboxylic acids is 1. The van der Waals surface area contributed by atoms with Gasteiger partial charge in [-0.05, 0) is 36.7 Å². The third kappa shape index (κ3) is 2.13. The summed E-state index contributed by atoms with van der Waals surface area (Å²) in [4.78, 5) is 12.0. The number of hydrogen-bond donors (Lipinski definition) is 2. The number of nitrogens with one attached hydrogen (secondary N) is 2. The number of ether oxygens (including phenoxy) is 1. The Hall–Kier alpha value is -1.55. The summed E-state index contributed by atoms with van der Waals surface area (Å²) in [5, 5.41) is 6.28. The standard InChI is InChI=1S/C13H16N2O2/c16-13(15-11-3-5-14-8-11)10-1-2-12-9(7-10)4-6-17-12/h1-2,7,11,14H,3-6,8H2,(H,15,16)/t11-/m1/s1. The minimum absolute atomic E-state index is 0.0217. The van der Waals surface area contributed by atoms with Gasteiger partial charge in [0.25, 0.3) is 5.91 Å². The van der Waals surface area contributed by atoms with Crippen molar-refractivity contribution in [1.29, 1.82) is 0 Å². The molecule has 90 valence electrons. The lowest BCUT2D eigenvalue weighted by atomic mass is 10.1. The van der Waals surface area contributed by atoms with E-state index in [0.717, 1.165) is 49.4 Å². The second-order valence-corrected chi connectivity index (χ2v) is 4.58. The first kappa shape index (κ1) is 10.6. The van der Waals surface area contributed by atoms with Crippen molar-refractivity contribution in [1.82, 2.24) is 10.6 Å². The van der Waals surface area contributed by atoms with Gasteiger partial charge in [0, 0.05) is 24.6 Å². The lowest BCUT2D eigenvalue weighted by Gasteiger charge is -2.11. The van der Waals surface area contributed by atoms with Crippen LogP contribution in [-0.2, 0) is 6.42 Å². The summed E-state index contributed by atoms with van der Waals surface area (Å²) in [6.07, 6.45) is 1.92. The molecule has 2 aliphatic heterocycles. The van der Waals surface area contributed by atoms with Crippen LogP contribution < -0.4 is 15.4 Å². The molecule has 4 heteroatoms. The zero-order valence-corrected chi connectivity index (χ0v) is 9.66. The quantitative estimate of drug-likeness (QED) is 0.789. The summed E-state index contributed by atoms with van der Waals surface area (Å²) < 4.78 is 5.42. The van der Waals surface area contributed by atoms with E-state index in [1.165, 1.54) is 0 Å². The Morgan fingerprint density at radius 3 is 3.24 bits per heavy atom. The number of rotatable bonds is 2. The first-order valence-corrected chi connectivity index (χ1v) is 6.10. The molecule has 0 unspecified atom stereocenters. The molecule has 0 spiro atoms. The molecule has 1 saturated heterocycles. The highest BCUT2D eigenvalue weighted by Gasteiger charge is 2.19. The maximum atomic E-state index is 12.0. The minimum Gasteiger partial charge on any atom is -0.493 e. The van der Waals surface area contributed by atoms with Crippen molar-refractivity contribution in [2.75, 3.05) is 19.7 Å². The highest BCUT2D eigenvalue weighted by Crippen LogP contribution is 2.25. The molecule has 2 aliphatic rings. The van der Waals surface area contributed by atoms with E-state index in [1.807, 2.05) is 18.2 Å². The van der Waals surface area contributed by atoms with Gasteiger partial charge in [0.1, 0.15) is 5.75 Å². The largest absolute Gasteiger partial charge is 0.493 e. The Labute approximate surface area is 100 Å². The second kappa shape index (κ2) is 4.37. The van der Waals surface area contributed by atoms with E-state index < -0.39 is 0 Å². The van der Waals surface area contributed by atoms with Crippen molar-refractivity contribution in [3.8, 4) is 5.75 Å². The maximum Gasteiger partial charge on any atom is 0.251 e. The van der Waals surface area contributed by atoms with Crippen LogP contribution in [0.15, 0.2) is 18.2 Å². The van der Waals surface area contributed by atoms with Gasteiger partial charge in [-0.3, -0.25) is 4.79 Å². The van der Waals surface area contributed by atoms with Crippen LogP contribution in [0.25, 0.3) is 0 Å². The molecule has 2 N–H and O–H groups in total. The van der Waals surface area contributed by atoms with E-state index in [4.69, 9.17) is 4.74 Å². The third-order valence-electron chi connectivity index (χ3n) is 3.35. The molecule has 0 bridgehead atoms. The fourth-order valence-corrected chi connectivity index (χ4v) is 2.37. The van der Waals surface area contributed by atoms with E-state index in [-0.39, 0.29) is 11.9 Å². The van der Waals surface area contributed by atoms with Crippen LogP contribution in [-0.4, -0.2) is 31.6 Å². The Bertz CT molecular complexity index is 439. The Kier molecular flexibility index (Phi) is 2.73. The van der Waals surface area contributed by atoms with Gasteiger partial charge in [-0.1, -0.05) is 0 Å². The monoisotopic (exact) mass is 232 g/mol. The highest BCUT2D eigenvalue weighted by molar-refractivity contribution is 5.94. The lowest BCUT2D eigenvalue weighted by molar-refractivity contribution is 0.0940. The molecular weight excluding hydrogens is 216 g/mol. The molecule has 0 aliphatic carbocycles. The average molecular weight is 232 g/mol. The molecule has 1 aromatic carbocycles. The number of amides is 1. The fraction of sp³-hybridized carbons (Fsp3) is 0.462. The van der Waals surface area contributed by atoms with E-state index >= 15 is 0 Å². The normalized spacial score (nSPS) is 22.0. The molecule has 1 fully saturated rings. The van der Waals surface area contributed by atoms with Gasteiger partial charge >= 0.3 is 0 Å². The summed E-state index contributed by atoms with van der Waals surface area (Å²) in [6.45, 7) is 2.59. The van der Waals surface area contributed by atoms with Gasteiger partial charge in [-0.2, -0.15) is 0 Å². The zero-order chi connectivity index (χ0) is 11.7. The molecule has 0 aromatic heterocycles. The van der Waals surface area contributed by atoms with Crippen molar-refractivity contribution in [3.63, 3.8) is 0 Å². The van der Waals surface area contributed by atoms with Gasteiger partial charge < -0.3 is 15.4 Å². The van der Waals surface area contributed by atoms with E-state index in [1.54, 1.807) is 0 Å². The Morgan fingerprint density at radius 1 is 1.47 bits per heavy atom. The molecular formula is C13H16N2O2. The summed E-state index contributed by atoms with van der Waals surface area (Å²) in [5.74, 6) is 0.942. The van der Waals surface area contributed by atoms with Crippen LogP contribution in [0.3, 0.4) is 0 Å². The van der Waals surface area contributed by atoms with Crippen LogP contribution in [0.5, 0.6) is 5.75 Å². The molecule has 1 amide bonds. The predicted molar refractivity (Wildman–Crippen MR) is 64.4 cm³/mol. The molecule has 4 nitrogen and oxygen atoms in total. The highest BCUT2D eigenvalue weighted by atomic mass is 16.5. The first-order valence-electron chi connectivity index (χ1n) is 6.10. The molecule has 1 atom stereocenters. The van der Waals surface area contributed by atoms with Crippen molar-refractivity contribution in [2.45, 2.75) is 18.9 Å². The summed E-state index contributed by atoms with van der Waals surface area (Å²) in [6, 6.07) is 5.94. The zero-order valence-electron chi connectivity index (χ0n) is 9.66. The van der Waals surface area contributed by atoms with Crippen molar-refractivity contribution in [3.05, 3.63) is 29.3 Å². The molecule has 0 radical (unpaired) electrons. The molecule has 0 saturated carbocycles. The predicted octanol–water partition coefficient (Wildman–Crippen LogP) is 0.713. The van der Waals surface area contributed by atoms with E-state index in [2.05, 4.69) is 10.6 Å². The van der Waals surface area contributed by atoms with Crippen molar-refractivity contribution in [2.24, 2.45) is 0 Å². The molecule has 1 aromatic rings. The van der Waals surface area contributed by atoms with Crippen LogP contribution in [0, 0.1) is 0 Å². The van der Waals surface area contributed by atoms with Crippen LogP contribution >= 0.6 is 0 Å². The Morgan fingerprint density at radius 2 is 2.41 bits per heavy atom. The van der Waals surface area contributed by atoms with Crippen LogP contribution in [0.4, 0.5) is 0 Å². The minimum atomic E-state index is 0.0217. The van der Waals surface area contributed by atoms with Gasteiger partial charge in [0.15, 0.2) is 0 Å². The Balaban J connectivity index is 1.72. The average Bonchev–Trinajstić information content (AvgIpc) is 2.97. The molecule has 17 heavy (non-hydrogen) atoms. The number of carbonyl (C=O) groups is 1. The third-order valence-corrected chi connectivity index (χ3v) is 3.35. The maximum absolute atomic E-state index is 12.0. The lowest BCUT2D eigenvalue weighted by Crippen LogP contribution is -2.36. The number of hydrogen-bond acceptors (Lipinski definition) is 3. The number of benzene rings is 1. The van der Waals surface area contributed by atoms with Crippen molar-refractivity contribution < 1.29 is 9.53 Å². The van der Waals surface area contributed by atoms with Crippen LogP contribution in [0.2, 0.25) is 0 Å². The van der Waals surface area contributed by atoms with Gasteiger partial charge in [0.2, 0.25) is 0 Å². The summed E-state index contributed by atoms with van der Waals surface area (Å²) in [5.41, 5.74) is 1.88. The van der Waals surface area contributed by atoms with E-state index in [0.29, 0.717) is 0 Å². The number of fused-ring (bicyclic) bond motifs is 1. The van der Waals surface area contributed by atoms with Crippen LogP contribution in [0.1, 0.15) is 22.3 Å². The molecule has 3 rings (SSSR count). The first-order chi connectivity index (χ1) is 8.33. The summed E-state index contributed by atoms with van der Waals surface area (Å²) in [7, 11) is 0. The van der Waals surface area contributed by atoms with Gasteiger partial charge in [-0.15, -0.1) is 0 Å². The molecule has 2 heterocycles. The van der Waals surface area contributed by atoms with Gasteiger partial charge in [-0.25, -0.2) is 0 Å². The fourth-order valence-electron chi connectivity index (χ4n) is 2.37. The topological polar surface area (TPSA) is 50.4 Å².